The van der Waals surface area contributed by atoms with Gasteiger partial charge < -0.3 is 10.4 Å². The molecule has 1 atom stereocenters. The first-order chi connectivity index (χ1) is 15.4. The lowest BCUT2D eigenvalue weighted by atomic mass is 9.94. The third kappa shape index (κ3) is 3.10. The zero-order valence-electron chi connectivity index (χ0n) is 17.0. The molecule has 2 aliphatic heterocycles. The predicted octanol–water partition coefficient (Wildman–Crippen LogP) is 3.44. The number of thioether (sulfide) groups is 1. The summed E-state index contributed by atoms with van der Waals surface area (Å²) in [7, 11) is 0. The summed E-state index contributed by atoms with van der Waals surface area (Å²) in [4.78, 5) is 38.3. The Balaban J connectivity index is 1.83. The molecule has 0 fully saturated rings. The largest absolute Gasteiger partial charge is 0.502 e. The third-order valence-electron chi connectivity index (χ3n) is 5.75. The summed E-state index contributed by atoms with van der Waals surface area (Å²) in [5, 5.41) is 15.7. The summed E-state index contributed by atoms with van der Waals surface area (Å²) >= 11 is 8.39. The Morgan fingerprint density at radius 1 is 1.19 bits per heavy atom. The maximum absolute atomic E-state index is 12.6. The molecule has 1 amide bonds. The zero-order chi connectivity index (χ0) is 22.6. The predicted molar refractivity (Wildman–Crippen MR) is 122 cm³/mol. The molecular formula is C23H18ClN3O4S. The van der Waals surface area contributed by atoms with E-state index in [9.17, 15) is 19.5 Å². The molecule has 2 aromatic carbocycles. The molecule has 3 aromatic rings. The fraction of sp³-hybridized carbons (Fsp3) is 0.174. The number of hydrogen-bond donors (Lipinski definition) is 2. The molecule has 0 unspecified atom stereocenters. The van der Waals surface area contributed by atoms with Gasteiger partial charge in [0, 0.05) is 27.4 Å². The van der Waals surface area contributed by atoms with Crippen LogP contribution in [-0.2, 0) is 5.75 Å². The van der Waals surface area contributed by atoms with Gasteiger partial charge in [0.2, 0.25) is 5.43 Å². The van der Waals surface area contributed by atoms with Crippen LogP contribution in [-0.4, -0.2) is 28.1 Å². The first-order valence-electron chi connectivity index (χ1n) is 9.92. The molecule has 0 spiro atoms. The highest BCUT2D eigenvalue weighted by Gasteiger charge is 2.37. The molecule has 0 saturated carbocycles. The number of aromatic hydroxyl groups is 1. The second-order valence-corrected chi connectivity index (χ2v) is 9.04. The number of aromatic nitrogens is 1. The normalized spacial score (nSPS) is 17.0. The Morgan fingerprint density at radius 2 is 1.97 bits per heavy atom. The molecule has 32 heavy (non-hydrogen) atoms. The number of Topliss-reactive ketones (excluding diaryl/α,β-unsaturated/α-hetero) is 1. The van der Waals surface area contributed by atoms with Gasteiger partial charge >= 0.3 is 0 Å². The quantitative estimate of drug-likeness (QED) is 0.561. The number of nitrogens with one attached hydrogen (secondary N) is 1. The molecule has 7 nitrogen and oxygen atoms in total. The average Bonchev–Trinajstić information content (AvgIpc) is 2.94. The number of hydrogen-bond acceptors (Lipinski definition) is 6. The van der Waals surface area contributed by atoms with Crippen LogP contribution < -0.4 is 15.8 Å². The second kappa shape index (κ2) is 7.72. The van der Waals surface area contributed by atoms with Crippen molar-refractivity contribution in [2.75, 3.05) is 11.7 Å². The lowest BCUT2D eigenvalue weighted by Crippen LogP contribution is -2.54. The maximum atomic E-state index is 12.6. The SMILES string of the molecule is CC(=O)c1cn2c(c(O)c1=O)C(=O)NCN2[C@@H]1c2ccccc2SCc2cccc(Cl)c21. The molecule has 3 heterocycles. The number of benzene rings is 2. The smallest absolute Gasteiger partial charge is 0.275 e. The number of rotatable bonds is 2. The highest BCUT2D eigenvalue weighted by Crippen LogP contribution is 2.44. The highest BCUT2D eigenvalue weighted by atomic mass is 35.5. The van der Waals surface area contributed by atoms with Crippen LogP contribution in [0.15, 0.2) is 58.4 Å². The zero-order valence-corrected chi connectivity index (χ0v) is 18.5. The Morgan fingerprint density at radius 3 is 2.75 bits per heavy atom. The van der Waals surface area contributed by atoms with Crippen molar-refractivity contribution in [1.82, 2.24) is 9.99 Å². The Labute approximate surface area is 192 Å². The number of ketones is 1. The molecule has 162 valence electrons. The van der Waals surface area contributed by atoms with Gasteiger partial charge in [-0.25, -0.2) is 0 Å². The first-order valence-corrected chi connectivity index (χ1v) is 11.3. The van der Waals surface area contributed by atoms with E-state index < -0.39 is 28.9 Å². The lowest BCUT2D eigenvalue weighted by molar-refractivity contribution is 0.0911. The third-order valence-corrected chi connectivity index (χ3v) is 7.22. The number of nitrogens with zero attached hydrogens (tertiary/aromatic N) is 2. The van der Waals surface area contributed by atoms with Gasteiger partial charge in [-0.05, 0) is 30.2 Å². The van der Waals surface area contributed by atoms with Crippen molar-refractivity contribution in [2.45, 2.75) is 23.6 Å². The van der Waals surface area contributed by atoms with Crippen molar-refractivity contribution >= 4 is 35.1 Å². The summed E-state index contributed by atoms with van der Waals surface area (Å²) in [6, 6.07) is 13.2. The van der Waals surface area contributed by atoms with Crippen molar-refractivity contribution in [2.24, 2.45) is 0 Å². The first kappa shape index (κ1) is 20.7. The van der Waals surface area contributed by atoms with Gasteiger partial charge in [-0.2, -0.15) is 0 Å². The van der Waals surface area contributed by atoms with E-state index in [0.29, 0.717) is 10.8 Å². The van der Waals surface area contributed by atoms with Crippen molar-refractivity contribution in [3.05, 3.63) is 91.9 Å². The molecule has 2 aliphatic rings. The van der Waals surface area contributed by atoms with Crippen molar-refractivity contribution in [1.29, 1.82) is 0 Å². The molecule has 0 radical (unpaired) electrons. The van der Waals surface area contributed by atoms with Crippen LogP contribution in [0.1, 0.15) is 50.5 Å². The lowest BCUT2D eigenvalue weighted by Gasteiger charge is -2.40. The van der Waals surface area contributed by atoms with Gasteiger partial charge in [0.25, 0.3) is 5.91 Å². The van der Waals surface area contributed by atoms with E-state index in [2.05, 4.69) is 5.32 Å². The minimum absolute atomic E-state index is 0.0832. The van der Waals surface area contributed by atoms with E-state index in [1.807, 2.05) is 42.5 Å². The van der Waals surface area contributed by atoms with Crippen LogP contribution in [0.25, 0.3) is 0 Å². The molecule has 5 rings (SSSR count). The van der Waals surface area contributed by atoms with E-state index in [0.717, 1.165) is 21.6 Å². The second-order valence-electron chi connectivity index (χ2n) is 7.62. The van der Waals surface area contributed by atoms with Gasteiger partial charge in [0.1, 0.15) is 12.7 Å². The number of pyridine rings is 1. The van der Waals surface area contributed by atoms with Crippen molar-refractivity contribution in [3.8, 4) is 5.75 Å². The Kier molecular flexibility index (Phi) is 4.98. The summed E-state index contributed by atoms with van der Waals surface area (Å²) in [5.41, 5.74) is 1.61. The fourth-order valence-electron chi connectivity index (χ4n) is 4.25. The highest BCUT2D eigenvalue weighted by molar-refractivity contribution is 7.98. The standard InChI is InChI=1S/C23H18ClN3O4S/c1-12(28)15-9-26-20(22(30)21(15)29)23(31)25-11-27(26)19-14-6-2-3-8-17(14)32-10-13-5-4-7-16(24)18(13)19/h2-9,19,30H,10-11H2,1H3,(H,25,31)/t19-/m1/s1. The molecule has 0 bridgehead atoms. The van der Waals surface area contributed by atoms with Gasteiger partial charge in [0.15, 0.2) is 17.2 Å². The van der Waals surface area contributed by atoms with Crippen LogP contribution in [0.5, 0.6) is 5.75 Å². The van der Waals surface area contributed by atoms with Crippen LogP contribution in [0, 0.1) is 0 Å². The Bertz CT molecular complexity index is 1350. The van der Waals surface area contributed by atoms with Crippen LogP contribution in [0.4, 0.5) is 0 Å². The summed E-state index contributed by atoms with van der Waals surface area (Å²) < 4.78 is 1.41. The minimum Gasteiger partial charge on any atom is -0.502 e. The topological polar surface area (TPSA) is 91.6 Å². The van der Waals surface area contributed by atoms with E-state index in [1.54, 1.807) is 16.8 Å². The fourth-order valence-corrected chi connectivity index (χ4v) is 5.64. The van der Waals surface area contributed by atoms with E-state index in [-0.39, 0.29) is 17.9 Å². The average molecular weight is 468 g/mol. The summed E-state index contributed by atoms with van der Waals surface area (Å²) in [6.07, 6.45) is 1.33. The van der Waals surface area contributed by atoms with Gasteiger partial charge in [0.05, 0.1) is 5.56 Å². The van der Waals surface area contributed by atoms with E-state index >= 15 is 0 Å². The number of amides is 1. The van der Waals surface area contributed by atoms with Crippen LogP contribution in [0.2, 0.25) is 5.02 Å². The summed E-state index contributed by atoms with van der Waals surface area (Å²) in [6.45, 7) is 1.33. The van der Waals surface area contributed by atoms with Crippen molar-refractivity contribution < 1.29 is 14.7 Å². The number of fused-ring (bicyclic) bond motifs is 3. The number of carbonyl (C=O) groups excluding carboxylic acids is 2. The van der Waals surface area contributed by atoms with E-state index in [4.69, 9.17) is 11.6 Å². The minimum atomic E-state index is -0.865. The van der Waals surface area contributed by atoms with Gasteiger partial charge in [-0.15, -0.1) is 11.8 Å². The summed E-state index contributed by atoms with van der Waals surface area (Å²) in [5.74, 6) is -1.14. The molecular weight excluding hydrogens is 450 g/mol. The molecule has 1 aromatic heterocycles. The molecule has 2 N–H and O–H groups in total. The number of carbonyl (C=O) groups is 2. The maximum Gasteiger partial charge on any atom is 0.275 e. The van der Waals surface area contributed by atoms with Crippen LogP contribution >= 0.6 is 23.4 Å². The number of halogens is 1. The molecule has 0 saturated heterocycles. The van der Waals surface area contributed by atoms with Crippen LogP contribution in [0.3, 0.4) is 0 Å². The van der Waals surface area contributed by atoms with E-state index in [1.165, 1.54) is 17.8 Å². The Hall–Kier alpha value is -3.23. The van der Waals surface area contributed by atoms with Gasteiger partial charge in [-0.1, -0.05) is 41.9 Å². The monoisotopic (exact) mass is 467 g/mol. The van der Waals surface area contributed by atoms with Gasteiger partial charge in [-0.3, -0.25) is 24.1 Å². The van der Waals surface area contributed by atoms with Crippen molar-refractivity contribution in [3.63, 3.8) is 0 Å². The molecule has 9 heteroatoms. The molecule has 0 aliphatic carbocycles.